The SMILES string of the molecule is COc1ccc(SCCC(=O)NCCCN)cc1OC.Cl. The van der Waals surface area contributed by atoms with Crippen LogP contribution in [0.1, 0.15) is 12.8 Å². The van der Waals surface area contributed by atoms with Gasteiger partial charge in [0, 0.05) is 23.6 Å². The van der Waals surface area contributed by atoms with Crippen LogP contribution in [-0.4, -0.2) is 39.0 Å². The molecule has 0 bridgehead atoms. The van der Waals surface area contributed by atoms with E-state index in [0.29, 0.717) is 31.0 Å². The number of carbonyl (C=O) groups is 1. The summed E-state index contributed by atoms with van der Waals surface area (Å²) in [6.07, 6.45) is 1.30. The van der Waals surface area contributed by atoms with Crippen LogP contribution in [0, 0.1) is 0 Å². The first-order valence-electron chi connectivity index (χ1n) is 6.53. The summed E-state index contributed by atoms with van der Waals surface area (Å²) in [4.78, 5) is 12.6. The molecule has 0 saturated carbocycles. The van der Waals surface area contributed by atoms with E-state index in [-0.39, 0.29) is 18.3 Å². The molecule has 0 aliphatic rings. The van der Waals surface area contributed by atoms with Crippen LogP contribution in [-0.2, 0) is 4.79 Å². The van der Waals surface area contributed by atoms with Gasteiger partial charge in [0.25, 0.3) is 0 Å². The van der Waals surface area contributed by atoms with Crippen LogP contribution in [0.5, 0.6) is 11.5 Å². The van der Waals surface area contributed by atoms with E-state index >= 15 is 0 Å². The van der Waals surface area contributed by atoms with Crippen molar-refractivity contribution in [1.29, 1.82) is 0 Å². The topological polar surface area (TPSA) is 73.6 Å². The molecule has 0 aliphatic heterocycles. The van der Waals surface area contributed by atoms with Gasteiger partial charge in [-0.25, -0.2) is 0 Å². The second kappa shape index (κ2) is 11.5. The first-order chi connectivity index (χ1) is 9.71. The summed E-state index contributed by atoms with van der Waals surface area (Å²) in [6, 6.07) is 5.73. The zero-order valence-electron chi connectivity index (χ0n) is 12.4. The van der Waals surface area contributed by atoms with E-state index in [9.17, 15) is 4.79 Å². The highest BCUT2D eigenvalue weighted by molar-refractivity contribution is 7.99. The molecule has 0 unspecified atom stereocenters. The molecule has 1 aromatic carbocycles. The number of hydrogen-bond donors (Lipinski definition) is 2. The lowest BCUT2D eigenvalue weighted by atomic mass is 10.3. The molecule has 3 N–H and O–H groups in total. The van der Waals surface area contributed by atoms with Gasteiger partial charge >= 0.3 is 0 Å². The first kappa shape index (κ1) is 19.9. The predicted octanol–water partition coefficient (Wildman–Crippen LogP) is 2.07. The lowest BCUT2D eigenvalue weighted by molar-refractivity contribution is -0.120. The Morgan fingerprint density at radius 2 is 2.00 bits per heavy atom. The van der Waals surface area contributed by atoms with Gasteiger partial charge in [0.15, 0.2) is 11.5 Å². The molecule has 120 valence electrons. The summed E-state index contributed by atoms with van der Waals surface area (Å²) < 4.78 is 10.4. The monoisotopic (exact) mass is 334 g/mol. The van der Waals surface area contributed by atoms with Crippen LogP contribution in [0.2, 0.25) is 0 Å². The molecular formula is C14H23ClN2O3S. The predicted molar refractivity (Wildman–Crippen MR) is 88.8 cm³/mol. The lowest BCUT2D eigenvalue weighted by Gasteiger charge is -2.09. The maximum Gasteiger partial charge on any atom is 0.220 e. The van der Waals surface area contributed by atoms with Crippen molar-refractivity contribution >= 4 is 30.1 Å². The van der Waals surface area contributed by atoms with Crippen LogP contribution in [0.25, 0.3) is 0 Å². The second-order valence-corrected chi connectivity index (χ2v) is 5.28. The number of rotatable bonds is 9. The maximum atomic E-state index is 11.5. The number of amides is 1. The molecule has 1 rings (SSSR count). The second-order valence-electron chi connectivity index (χ2n) is 4.11. The number of hydrogen-bond acceptors (Lipinski definition) is 5. The minimum atomic E-state index is 0. The molecule has 1 amide bonds. The Balaban J connectivity index is 0.00000400. The molecule has 0 atom stereocenters. The highest BCUT2D eigenvalue weighted by atomic mass is 35.5. The van der Waals surface area contributed by atoms with E-state index in [2.05, 4.69) is 5.32 Å². The summed E-state index contributed by atoms with van der Waals surface area (Å²) in [7, 11) is 3.22. The molecule has 5 nitrogen and oxygen atoms in total. The summed E-state index contributed by atoms with van der Waals surface area (Å²) >= 11 is 1.62. The quantitative estimate of drug-likeness (QED) is 0.534. The third kappa shape index (κ3) is 7.45. The molecule has 0 spiro atoms. The van der Waals surface area contributed by atoms with Crippen LogP contribution in [0.3, 0.4) is 0 Å². The van der Waals surface area contributed by atoms with E-state index in [0.717, 1.165) is 17.1 Å². The Hall–Kier alpha value is -1.11. The summed E-state index contributed by atoms with van der Waals surface area (Å²) in [5, 5.41) is 2.83. The van der Waals surface area contributed by atoms with Crippen molar-refractivity contribution in [3.8, 4) is 11.5 Å². The highest BCUT2D eigenvalue weighted by Gasteiger charge is 2.06. The fourth-order valence-electron chi connectivity index (χ4n) is 1.59. The van der Waals surface area contributed by atoms with Gasteiger partial charge in [0.2, 0.25) is 5.91 Å². The number of thioether (sulfide) groups is 1. The summed E-state index contributed by atoms with van der Waals surface area (Å²) in [5.74, 6) is 2.19. The molecule has 21 heavy (non-hydrogen) atoms. The van der Waals surface area contributed by atoms with Gasteiger partial charge in [0.1, 0.15) is 0 Å². The minimum Gasteiger partial charge on any atom is -0.493 e. The zero-order chi connectivity index (χ0) is 14.8. The van der Waals surface area contributed by atoms with Crippen LogP contribution >= 0.6 is 24.2 Å². The van der Waals surface area contributed by atoms with Gasteiger partial charge in [-0.3, -0.25) is 4.79 Å². The standard InChI is InChI=1S/C14H22N2O3S.ClH/c1-18-12-5-4-11(10-13(12)19-2)20-9-6-14(17)16-8-3-7-15;/h4-5,10H,3,6-9,15H2,1-2H3,(H,16,17);1H. The lowest BCUT2D eigenvalue weighted by Crippen LogP contribution is -2.26. The number of ether oxygens (including phenoxy) is 2. The van der Waals surface area contributed by atoms with Crippen molar-refractivity contribution in [3.05, 3.63) is 18.2 Å². The van der Waals surface area contributed by atoms with Gasteiger partial charge in [-0.05, 0) is 31.2 Å². The Morgan fingerprint density at radius 3 is 2.62 bits per heavy atom. The number of nitrogens with one attached hydrogen (secondary N) is 1. The Morgan fingerprint density at radius 1 is 1.29 bits per heavy atom. The van der Waals surface area contributed by atoms with E-state index in [1.54, 1.807) is 26.0 Å². The molecule has 0 aromatic heterocycles. The molecule has 0 saturated heterocycles. The number of halogens is 1. The van der Waals surface area contributed by atoms with Crippen LogP contribution in [0.15, 0.2) is 23.1 Å². The molecule has 7 heteroatoms. The molecule has 0 radical (unpaired) electrons. The van der Waals surface area contributed by atoms with Crippen molar-refractivity contribution < 1.29 is 14.3 Å². The van der Waals surface area contributed by atoms with Crippen molar-refractivity contribution in [1.82, 2.24) is 5.32 Å². The van der Waals surface area contributed by atoms with Gasteiger partial charge in [-0.15, -0.1) is 24.2 Å². The van der Waals surface area contributed by atoms with E-state index in [1.807, 2.05) is 18.2 Å². The Kier molecular flexibility index (Phi) is 10.9. The molecule has 0 fully saturated rings. The minimum absolute atomic E-state index is 0. The van der Waals surface area contributed by atoms with Crippen molar-refractivity contribution in [2.75, 3.05) is 33.1 Å². The number of nitrogens with two attached hydrogens (primary N) is 1. The maximum absolute atomic E-state index is 11.5. The van der Waals surface area contributed by atoms with Gasteiger partial charge < -0.3 is 20.5 Å². The summed E-state index contributed by atoms with van der Waals surface area (Å²) in [5.41, 5.74) is 5.36. The van der Waals surface area contributed by atoms with E-state index < -0.39 is 0 Å². The molecule has 0 heterocycles. The highest BCUT2D eigenvalue weighted by Crippen LogP contribution is 2.31. The molecular weight excluding hydrogens is 312 g/mol. The average molecular weight is 335 g/mol. The number of carbonyl (C=O) groups excluding carboxylic acids is 1. The number of methoxy groups -OCH3 is 2. The number of benzene rings is 1. The fraction of sp³-hybridized carbons (Fsp3) is 0.500. The molecule has 0 aliphatic carbocycles. The summed E-state index contributed by atoms with van der Waals surface area (Å²) in [6.45, 7) is 1.25. The van der Waals surface area contributed by atoms with Gasteiger partial charge in [-0.1, -0.05) is 0 Å². The third-order valence-corrected chi connectivity index (χ3v) is 3.65. The van der Waals surface area contributed by atoms with Crippen LogP contribution < -0.4 is 20.5 Å². The van der Waals surface area contributed by atoms with Gasteiger partial charge in [-0.2, -0.15) is 0 Å². The smallest absolute Gasteiger partial charge is 0.220 e. The Bertz CT molecular complexity index is 433. The van der Waals surface area contributed by atoms with Crippen molar-refractivity contribution in [2.24, 2.45) is 5.73 Å². The Labute approximate surface area is 136 Å². The van der Waals surface area contributed by atoms with E-state index in [4.69, 9.17) is 15.2 Å². The normalized spacial score (nSPS) is 9.67. The fourth-order valence-corrected chi connectivity index (χ4v) is 2.46. The molecule has 1 aromatic rings. The van der Waals surface area contributed by atoms with Gasteiger partial charge in [0.05, 0.1) is 14.2 Å². The largest absolute Gasteiger partial charge is 0.493 e. The van der Waals surface area contributed by atoms with E-state index in [1.165, 1.54) is 0 Å². The van der Waals surface area contributed by atoms with Crippen LogP contribution in [0.4, 0.5) is 0 Å². The van der Waals surface area contributed by atoms with Crippen molar-refractivity contribution in [3.63, 3.8) is 0 Å². The zero-order valence-corrected chi connectivity index (χ0v) is 14.0. The first-order valence-corrected chi connectivity index (χ1v) is 7.51. The average Bonchev–Trinajstić information content (AvgIpc) is 2.47. The third-order valence-electron chi connectivity index (χ3n) is 2.66. The van der Waals surface area contributed by atoms with Crippen molar-refractivity contribution in [2.45, 2.75) is 17.7 Å².